The van der Waals surface area contributed by atoms with Crippen molar-refractivity contribution in [3.8, 4) is 33.4 Å². The Morgan fingerprint density at radius 1 is 0.468 bits per heavy atom. The van der Waals surface area contributed by atoms with E-state index < -0.39 is 0 Å². The number of fused-ring (bicyclic) bond motifs is 8. The molecule has 0 unspecified atom stereocenters. The molecule has 7 aromatic carbocycles. The number of halogens is 1. The average Bonchev–Trinajstić information content (AvgIpc) is 3.64. The van der Waals surface area contributed by atoms with E-state index in [0.717, 1.165) is 38.9 Å². The van der Waals surface area contributed by atoms with Crippen LogP contribution in [0, 0.1) is 0 Å². The van der Waals surface area contributed by atoms with Crippen molar-refractivity contribution in [3.05, 3.63) is 161 Å². The molecule has 0 saturated heterocycles. The molecule has 0 saturated carbocycles. The molecule has 4 heteroatoms. The van der Waals surface area contributed by atoms with Crippen LogP contribution < -0.4 is 5.43 Å². The third-order valence-electron chi connectivity index (χ3n) is 9.59. The summed E-state index contributed by atoms with van der Waals surface area (Å²) < 4.78 is 8.38. The topological polar surface area (TPSA) is 34.6 Å². The molecule has 0 atom stereocenters. The maximum atomic E-state index is 13.2. The van der Waals surface area contributed by atoms with Gasteiger partial charge in [-0.2, -0.15) is 0 Å². The fraction of sp³-hybridized carbons (Fsp3) is 0. The Morgan fingerprint density at radius 2 is 1.11 bits per heavy atom. The Hall–Kier alpha value is -5.90. The van der Waals surface area contributed by atoms with Gasteiger partial charge in [0.25, 0.3) is 0 Å². The summed E-state index contributed by atoms with van der Waals surface area (Å²) in [5.74, 6) is 0. The number of nitrogens with zero attached hydrogens (tertiary/aromatic N) is 1. The van der Waals surface area contributed by atoms with Crippen molar-refractivity contribution < 1.29 is 4.42 Å². The molecule has 0 amide bonds. The molecule has 47 heavy (non-hydrogen) atoms. The van der Waals surface area contributed by atoms with Crippen LogP contribution in [0.1, 0.15) is 0 Å². The predicted molar refractivity (Wildman–Crippen MR) is 196 cm³/mol. The Labute approximate surface area is 273 Å². The van der Waals surface area contributed by atoms with Crippen LogP contribution in [-0.2, 0) is 0 Å². The maximum Gasteiger partial charge on any atom is 0.200 e. The van der Waals surface area contributed by atoms with E-state index in [1.165, 1.54) is 32.6 Å². The van der Waals surface area contributed by atoms with Crippen molar-refractivity contribution in [2.75, 3.05) is 0 Å². The van der Waals surface area contributed by atoms with E-state index >= 15 is 0 Å². The maximum absolute atomic E-state index is 13.2. The van der Waals surface area contributed by atoms with Gasteiger partial charge in [-0.1, -0.05) is 109 Å². The highest BCUT2D eigenvalue weighted by Crippen LogP contribution is 2.44. The highest BCUT2D eigenvalue weighted by molar-refractivity contribution is 6.33. The summed E-state index contributed by atoms with van der Waals surface area (Å²) >= 11 is 6.84. The van der Waals surface area contributed by atoms with Crippen LogP contribution in [0.3, 0.4) is 0 Å². The fourth-order valence-corrected chi connectivity index (χ4v) is 7.67. The van der Waals surface area contributed by atoms with Crippen molar-refractivity contribution in [2.24, 2.45) is 0 Å². The number of aromatic nitrogens is 1. The number of rotatable bonds is 3. The van der Waals surface area contributed by atoms with Crippen molar-refractivity contribution in [2.45, 2.75) is 0 Å². The normalized spacial score (nSPS) is 12.0. The molecular formula is C43H24ClNO2. The average molecular weight is 622 g/mol. The summed E-state index contributed by atoms with van der Waals surface area (Å²) in [7, 11) is 0. The highest BCUT2D eigenvalue weighted by Gasteiger charge is 2.20. The van der Waals surface area contributed by atoms with Gasteiger partial charge in [0.05, 0.1) is 27.3 Å². The SMILES string of the molecule is O=c1c2ccccc2oc2ccc(-c3ccc(-c4cccc(-c5cc(Cl)cc6c5c5cccc7c8ccccc8n6c75)c4)cc3)cc12. The largest absolute Gasteiger partial charge is 0.456 e. The lowest BCUT2D eigenvalue weighted by molar-refractivity contribution is 0.660. The lowest BCUT2D eigenvalue weighted by atomic mass is 9.94. The Balaban J connectivity index is 1.08. The third kappa shape index (κ3) is 3.84. The van der Waals surface area contributed by atoms with E-state index in [9.17, 15) is 4.79 Å². The zero-order valence-electron chi connectivity index (χ0n) is 25.0. The second-order valence-electron chi connectivity index (χ2n) is 12.2. The molecule has 0 bridgehead atoms. The van der Waals surface area contributed by atoms with Crippen molar-refractivity contribution >= 4 is 71.6 Å². The first-order valence-electron chi connectivity index (χ1n) is 15.7. The van der Waals surface area contributed by atoms with Crippen LogP contribution in [0.4, 0.5) is 0 Å². The molecule has 0 fully saturated rings. The number of hydrogen-bond acceptors (Lipinski definition) is 2. The minimum atomic E-state index is -0.0122. The number of hydrogen-bond donors (Lipinski definition) is 0. The Morgan fingerprint density at radius 3 is 1.96 bits per heavy atom. The summed E-state index contributed by atoms with van der Waals surface area (Å²) in [5.41, 5.74) is 11.2. The van der Waals surface area contributed by atoms with Gasteiger partial charge >= 0.3 is 0 Å². The molecule has 0 aliphatic rings. The van der Waals surface area contributed by atoms with Gasteiger partial charge in [0.2, 0.25) is 5.43 Å². The highest BCUT2D eigenvalue weighted by atomic mass is 35.5. The van der Waals surface area contributed by atoms with Crippen LogP contribution in [0.15, 0.2) is 155 Å². The van der Waals surface area contributed by atoms with E-state index in [1.54, 1.807) is 0 Å². The standard InChI is InChI=1S/C43H24ClNO2/c44-30-23-35(41-34-12-6-11-32-31-9-1-3-13-37(31)45(42(32)34)38(41)24-30)29-8-5-7-27(21-29)25-15-17-26(18-16-25)28-19-20-40-36(22-28)43(46)33-10-2-4-14-39(33)47-40/h1-24H. The minimum Gasteiger partial charge on any atom is -0.456 e. The lowest BCUT2D eigenvalue weighted by Crippen LogP contribution is -2.01. The van der Waals surface area contributed by atoms with Crippen LogP contribution in [0.2, 0.25) is 5.02 Å². The van der Waals surface area contributed by atoms with Gasteiger partial charge in [-0.25, -0.2) is 0 Å². The molecule has 3 nitrogen and oxygen atoms in total. The molecule has 10 aromatic rings. The van der Waals surface area contributed by atoms with Crippen LogP contribution in [0.5, 0.6) is 0 Å². The molecule has 0 spiro atoms. The van der Waals surface area contributed by atoms with Crippen molar-refractivity contribution in [1.29, 1.82) is 0 Å². The van der Waals surface area contributed by atoms with Crippen LogP contribution in [-0.4, -0.2) is 4.40 Å². The molecule has 0 radical (unpaired) electrons. The summed E-state index contributed by atoms with van der Waals surface area (Å²) in [6, 6.07) is 49.8. The zero-order valence-corrected chi connectivity index (χ0v) is 25.8. The molecule has 3 aromatic heterocycles. The lowest BCUT2D eigenvalue weighted by Gasteiger charge is -2.10. The first-order valence-corrected chi connectivity index (χ1v) is 16.0. The molecule has 3 heterocycles. The van der Waals surface area contributed by atoms with E-state index in [1.807, 2.05) is 42.5 Å². The quantitative estimate of drug-likeness (QED) is 0.184. The van der Waals surface area contributed by atoms with Gasteiger partial charge in [0, 0.05) is 26.6 Å². The molecular weight excluding hydrogens is 598 g/mol. The van der Waals surface area contributed by atoms with Gasteiger partial charge in [-0.05, 0) is 81.9 Å². The van der Waals surface area contributed by atoms with Gasteiger partial charge in [-0.15, -0.1) is 0 Å². The molecule has 0 aliphatic heterocycles. The van der Waals surface area contributed by atoms with Crippen molar-refractivity contribution in [1.82, 2.24) is 4.40 Å². The zero-order chi connectivity index (χ0) is 31.2. The van der Waals surface area contributed by atoms with E-state index in [2.05, 4.69) is 108 Å². The smallest absolute Gasteiger partial charge is 0.200 e. The van der Waals surface area contributed by atoms with Gasteiger partial charge in [-0.3, -0.25) is 4.79 Å². The van der Waals surface area contributed by atoms with Crippen LogP contribution in [0.25, 0.3) is 93.4 Å². The monoisotopic (exact) mass is 621 g/mol. The van der Waals surface area contributed by atoms with E-state index in [0.29, 0.717) is 27.0 Å². The van der Waals surface area contributed by atoms with E-state index in [-0.39, 0.29) is 5.43 Å². The van der Waals surface area contributed by atoms with Gasteiger partial charge in [0.15, 0.2) is 0 Å². The third-order valence-corrected chi connectivity index (χ3v) is 9.81. The Bertz CT molecular complexity index is 2930. The molecule has 0 N–H and O–H groups in total. The summed E-state index contributed by atoms with van der Waals surface area (Å²) in [5, 5.41) is 6.84. The molecule has 0 aliphatic carbocycles. The fourth-order valence-electron chi connectivity index (χ4n) is 7.45. The van der Waals surface area contributed by atoms with Gasteiger partial charge < -0.3 is 8.82 Å². The second kappa shape index (κ2) is 9.80. The summed E-state index contributed by atoms with van der Waals surface area (Å²) in [4.78, 5) is 13.2. The number of benzene rings is 7. The van der Waals surface area contributed by atoms with Crippen molar-refractivity contribution in [3.63, 3.8) is 0 Å². The Kier molecular flexibility index (Phi) is 5.49. The minimum absolute atomic E-state index is 0.0122. The molecule has 10 rings (SSSR count). The summed E-state index contributed by atoms with van der Waals surface area (Å²) in [6.07, 6.45) is 0. The summed E-state index contributed by atoms with van der Waals surface area (Å²) in [6.45, 7) is 0. The van der Waals surface area contributed by atoms with E-state index in [4.69, 9.17) is 16.0 Å². The number of para-hydroxylation sites is 3. The first-order chi connectivity index (χ1) is 23.1. The van der Waals surface area contributed by atoms with Crippen LogP contribution >= 0.6 is 11.6 Å². The first kappa shape index (κ1) is 26.3. The molecule has 220 valence electrons. The second-order valence-corrected chi connectivity index (χ2v) is 12.6. The van der Waals surface area contributed by atoms with Gasteiger partial charge in [0.1, 0.15) is 11.2 Å². The predicted octanol–water partition coefficient (Wildman–Crippen LogP) is 11.8.